The van der Waals surface area contributed by atoms with Gasteiger partial charge in [0.05, 0.1) is 25.0 Å². The van der Waals surface area contributed by atoms with Crippen molar-refractivity contribution in [2.45, 2.75) is 31.4 Å². The molecule has 0 aliphatic heterocycles. The van der Waals surface area contributed by atoms with Crippen LogP contribution in [0.1, 0.15) is 24.0 Å². The minimum absolute atomic E-state index is 0.241. The van der Waals surface area contributed by atoms with Gasteiger partial charge in [0.15, 0.2) is 0 Å². The Labute approximate surface area is 193 Å². The Kier molecular flexibility index (Phi) is 7.29. The number of rotatable bonds is 11. The fraction of sp³-hybridized carbons (Fsp3) is 0.259. The molecule has 0 aliphatic carbocycles. The van der Waals surface area contributed by atoms with Crippen molar-refractivity contribution < 1.29 is 24.1 Å². The van der Waals surface area contributed by atoms with Gasteiger partial charge >= 0.3 is 0 Å². The quantitative estimate of drug-likeness (QED) is 0.305. The standard InChI is InChI=1S/C27H29NO5/c28-27(18-29,19-30)13-5-8-21-17-32-26-15-24(11-12-25(21)26)33-23-10-4-9-22(14-23)31-16-20-6-2-1-3-7-20/h1-4,6-7,9-12,14-15,17,29-30H,5,8,13,16,18-19,28H2. The lowest BCUT2D eigenvalue weighted by molar-refractivity contribution is 0.113. The van der Waals surface area contributed by atoms with E-state index in [1.807, 2.05) is 72.8 Å². The summed E-state index contributed by atoms with van der Waals surface area (Å²) in [5.74, 6) is 2.09. The van der Waals surface area contributed by atoms with Gasteiger partial charge in [0, 0.05) is 17.5 Å². The Bertz CT molecular complexity index is 1170. The lowest BCUT2D eigenvalue weighted by Gasteiger charge is -2.24. The molecule has 0 unspecified atom stereocenters. The van der Waals surface area contributed by atoms with E-state index in [0.29, 0.717) is 24.5 Å². The molecule has 0 saturated carbocycles. The number of nitrogens with two attached hydrogens (primary N) is 1. The summed E-state index contributed by atoms with van der Waals surface area (Å²) in [5, 5.41) is 19.7. The van der Waals surface area contributed by atoms with E-state index in [2.05, 4.69) is 0 Å². The molecule has 4 N–H and O–H groups in total. The van der Waals surface area contributed by atoms with Crippen molar-refractivity contribution in [3.05, 3.63) is 90.2 Å². The van der Waals surface area contributed by atoms with E-state index in [1.54, 1.807) is 6.26 Å². The highest BCUT2D eigenvalue weighted by atomic mass is 16.5. The summed E-state index contributed by atoms with van der Waals surface area (Å²) in [5.41, 5.74) is 7.91. The molecule has 33 heavy (non-hydrogen) atoms. The summed E-state index contributed by atoms with van der Waals surface area (Å²) >= 11 is 0. The first-order valence-electron chi connectivity index (χ1n) is 11.0. The van der Waals surface area contributed by atoms with Crippen molar-refractivity contribution >= 4 is 11.0 Å². The third kappa shape index (κ3) is 5.93. The van der Waals surface area contributed by atoms with Gasteiger partial charge in [-0.2, -0.15) is 0 Å². The molecule has 0 bridgehead atoms. The van der Waals surface area contributed by atoms with Gasteiger partial charge in [-0.15, -0.1) is 0 Å². The maximum Gasteiger partial charge on any atom is 0.137 e. The van der Waals surface area contributed by atoms with Gasteiger partial charge in [-0.3, -0.25) is 0 Å². The molecule has 0 fully saturated rings. The Morgan fingerprint density at radius 3 is 2.39 bits per heavy atom. The van der Waals surface area contributed by atoms with E-state index >= 15 is 0 Å². The van der Waals surface area contributed by atoms with Crippen LogP contribution in [0.3, 0.4) is 0 Å². The molecule has 1 aromatic heterocycles. The zero-order valence-corrected chi connectivity index (χ0v) is 18.4. The summed E-state index contributed by atoms with van der Waals surface area (Å²) in [7, 11) is 0. The summed E-state index contributed by atoms with van der Waals surface area (Å²) in [6.07, 6.45) is 3.74. The van der Waals surface area contributed by atoms with Crippen LogP contribution in [0.25, 0.3) is 11.0 Å². The normalized spacial score (nSPS) is 11.6. The van der Waals surface area contributed by atoms with E-state index in [0.717, 1.165) is 40.7 Å². The monoisotopic (exact) mass is 447 g/mol. The second-order valence-electron chi connectivity index (χ2n) is 8.30. The number of hydrogen-bond acceptors (Lipinski definition) is 6. The van der Waals surface area contributed by atoms with Crippen LogP contribution < -0.4 is 15.2 Å². The fourth-order valence-corrected chi connectivity index (χ4v) is 3.66. The second-order valence-corrected chi connectivity index (χ2v) is 8.30. The van der Waals surface area contributed by atoms with Crippen LogP contribution in [0.5, 0.6) is 17.2 Å². The van der Waals surface area contributed by atoms with Gasteiger partial charge in [0.25, 0.3) is 0 Å². The first-order chi connectivity index (χ1) is 16.1. The lowest BCUT2D eigenvalue weighted by atomic mass is 9.94. The van der Waals surface area contributed by atoms with Crippen molar-refractivity contribution in [2.75, 3.05) is 13.2 Å². The molecule has 1 heterocycles. The third-order valence-corrected chi connectivity index (χ3v) is 5.67. The molecule has 0 aliphatic rings. The molecule has 0 atom stereocenters. The molecule has 0 saturated heterocycles. The highest BCUT2D eigenvalue weighted by Crippen LogP contribution is 2.31. The Balaban J connectivity index is 1.38. The topological polar surface area (TPSA) is 98.1 Å². The van der Waals surface area contributed by atoms with Gasteiger partial charge in [-0.05, 0) is 54.7 Å². The Morgan fingerprint density at radius 1 is 0.848 bits per heavy atom. The fourth-order valence-electron chi connectivity index (χ4n) is 3.66. The Hall–Kier alpha value is -3.32. The van der Waals surface area contributed by atoms with Gasteiger partial charge in [-0.25, -0.2) is 0 Å². The van der Waals surface area contributed by atoms with E-state index in [1.165, 1.54) is 0 Å². The van der Waals surface area contributed by atoms with E-state index in [4.69, 9.17) is 19.6 Å². The number of benzene rings is 3. The molecule has 3 aromatic carbocycles. The molecule has 172 valence electrons. The Morgan fingerprint density at radius 2 is 1.61 bits per heavy atom. The average Bonchev–Trinajstić information content (AvgIpc) is 3.25. The number of aliphatic hydroxyl groups excluding tert-OH is 2. The number of aliphatic hydroxyl groups is 2. The molecule has 0 amide bonds. The molecular formula is C27H29NO5. The summed E-state index contributed by atoms with van der Waals surface area (Å²) in [6.45, 7) is 0.0109. The third-order valence-electron chi connectivity index (χ3n) is 5.67. The first-order valence-corrected chi connectivity index (χ1v) is 11.0. The van der Waals surface area contributed by atoms with Gasteiger partial charge < -0.3 is 29.8 Å². The number of fused-ring (bicyclic) bond motifs is 1. The maximum absolute atomic E-state index is 9.34. The number of ether oxygens (including phenoxy) is 2. The summed E-state index contributed by atoms with van der Waals surface area (Å²) in [4.78, 5) is 0. The van der Waals surface area contributed by atoms with Gasteiger partial charge in [0.1, 0.15) is 29.4 Å². The summed E-state index contributed by atoms with van der Waals surface area (Å²) < 4.78 is 17.7. The molecular weight excluding hydrogens is 418 g/mol. The van der Waals surface area contributed by atoms with Crippen LogP contribution in [0.2, 0.25) is 0 Å². The average molecular weight is 448 g/mol. The number of furan rings is 1. The largest absolute Gasteiger partial charge is 0.489 e. The van der Waals surface area contributed by atoms with Crippen molar-refractivity contribution in [2.24, 2.45) is 5.73 Å². The van der Waals surface area contributed by atoms with E-state index in [9.17, 15) is 10.2 Å². The van der Waals surface area contributed by atoms with Crippen LogP contribution in [-0.2, 0) is 13.0 Å². The molecule has 0 radical (unpaired) electrons. The second kappa shape index (κ2) is 10.5. The van der Waals surface area contributed by atoms with Crippen molar-refractivity contribution in [3.8, 4) is 17.2 Å². The highest BCUT2D eigenvalue weighted by molar-refractivity contribution is 5.82. The number of hydrogen-bond donors (Lipinski definition) is 3. The SMILES string of the molecule is NC(CO)(CO)CCCc1coc2cc(Oc3cccc(OCc4ccccc4)c3)ccc12. The summed E-state index contributed by atoms with van der Waals surface area (Å²) in [6, 6.07) is 23.3. The lowest BCUT2D eigenvalue weighted by Crippen LogP contribution is -2.47. The van der Waals surface area contributed by atoms with Crippen molar-refractivity contribution in [1.29, 1.82) is 0 Å². The van der Waals surface area contributed by atoms with Crippen LogP contribution in [0.15, 0.2) is 83.5 Å². The van der Waals surface area contributed by atoms with Crippen LogP contribution >= 0.6 is 0 Å². The minimum atomic E-state index is -0.945. The highest BCUT2D eigenvalue weighted by Gasteiger charge is 2.22. The molecule has 6 nitrogen and oxygen atoms in total. The van der Waals surface area contributed by atoms with Gasteiger partial charge in [0.2, 0.25) is 0 Å². The molecule has 6 heteroatoms. The smallest absolute Gasteiger partial charge is 0.137 e. The van der Waals surface area contributed by atoms with E-state index < -0.39 is 5.54 Å². The van der Waals surface area contributed by atoms with Crippen molar-refractivity contribution in [1.82, 2.24) is 0 Å². The van der Waals surface area contributed by atoms with Crippen LogP contribution in [0, 0.1) is 0 Å². The predicted molar refractivity (Wildman–Crippen MR) is 128 cm³/mol. The van der Waals surface area contributed by atoms with Crippen molar-refractivity contribution in [3.63, 3.8) is 0 Å². The maximum atomic E-state index is 9.34. The van der Waals surface area contributed by atoms with Gasteiger partial charge in [-0.1, -0.05) is 36.4 Å². The van der Waals surface area contributed by atoms with Crippen LogP contribution in [0.4, 0.5) is 0 Å². The first kappa shape index (κ1) is 22.9. The zero-order chi connectivity index (χ0) is 23.1. The minimum Gasteiger partial charge on any atom is -0.489 e. The van der Waals surface area contributed by atoms with E-state index in [-0.39, 0.29) is 13.2 Å². The number of aryl methyl sites for hydroxylation is 1. The van der Waals surface area contributed by atoms with Crippen LogP contribution in [-0.4, -0.2) is 29.0 Å². The molecule has 0 spiro atoms. The molecule has 4 rings (SSSR count). The zero-order valence-electron chi connectivity index (χ0n) is 18.4. The molecule has 4 aromatic rings. The predicted octanol–water partition coefficient (Wildman–Crippen LogP) is 4.81.